The number of methoxy groups -OCH3 is 2. The number of hydrogen-bond acceptors (Lipinski definition) is 7. The standard InChI is InChI=1S/C33H26BrN3O5/c1-20-8-10-21(11-9-20)19-41-31-28(39-2)14-22(15-29(31)40-3)18-35-37-32(36-26-7-5-4-6-25(26)33(37)38)30-17-23-16-24(34)12-13-27(23)42-30/h4-18H,19H2,1-3H3. The van der Waals surface area contributed by atoms with Crippen LogP contribution in [0.15, 0.2) is 104 Å². The van der Waals surface area contributed by atoms with Gasteiger partial charge in [0.2, 0.25) is 11.6 Å². The minimum atomic E-state index is -0.328. The van der Waals surface area contributed by atoms with E-state index in [0.717, 1.165) is 15.4 Å². The van der Waals surface area contributed by atoms with Gasteiger partial charge in [0.15, 0.2) is 17.3 Å². The lowest BCUT2D eigenvalue weighted by atomic mass is 10.1. The number of aryl methyl sites for hydroxylation is 1. The zero-order chi connectivity index (χ0) is 29.2. The van der Waals surface area contributed by atoms with E-state index in [4.69, 9.17) is 23.6 Å². The Morgan fingerprint density at radius 1 is 0.952 bits per heavy atom. The Balaban J connectivity index is 1.41. The number of ether oxygens (including phenoxy) is 3. The lowest BCUT2D eigenvalue weighted by Gasteiger charge is -2.15. The Labute approximate surface area is 249 Å². The van der Waals surface area contributed by atoms with Crippen molar-refractivity contribution in [1.29, 1.82) is 0 Å². The Morgan fingerprint density at radius 2 is 1.69 bits per heavy atom. The fourth-order valence-electron chi connectivity index (χ4n) is 4.60. The minimum Gasteiger partial charge on any atom is -0.493 e. The molecule has 0 atom stereocenters. The summed E-state index contributed by atoms with van der Waals surface area (Å²) in [6, 6.07) is 26.3. The van der Waals surface area contributed by atoms with Gasteiger partial charge in [0, 0.05) is 15.4 Å². The summed E-state index contributed by atoms with van der Waals surface area (Å²) in [5, 5.41) is 5.87. The summed E-state index contributed by atoms with van der Waals surface area (Å²) >= 11 is 3.49. The van der Waals surface area contributed by atoms with E-state index < -0.39 is 0 Å². The van der Waals surface area contributed by atoms with Gasteiger partial charge in [-0.05, 0) is 61.0 Å². The highest BCUT2D eigenvalue weighted by Crippen LogP contribution is 2.39. The highest BCUT2D eigenvalue weighted by atomic mass is 79.9. The Kier molecular flexibility index (Phi) is 7.50. The first-order valence-electron chi connectivity index (χ1n) is 13.1. The lowest BCUT2D eigenvalue weighted by Crippen LogP contribution is -2.20. The third kappa shape index (κ3) is 5.38. The van der Waals surface area contributed by atoms with Crippen LogP contribution in [0.4, 0.5) is 0 Å². The molecule has 0 bridgehead atoms. The van der Waals surface area contributed by atoms with Crippen LogP contribution in [-0.4, -0.2) is 30.1 Å². The second-order valence-electron chi connectivity index (χ2n) is 9.64. The predicted molar refractivity (Wildman–Crippen MR) is 167 cm³/mol. The first-order chi connectivity index (χ1) is 20.4. The van der Waals surface area contributed by atoms with Crippen molar-refractivity contribution < 1.29 is 18.6 Å². The smallest absolute Gasteiger partial charge is 0.282 e. The molecule has 0 saturated carbocycles. The van der Waals surface area contributed by atoms with Crippen molar-refractivity contribution >= 4 is 44.0 Å². The highest BCUT2D eigenvalue weighted by Gasteiger charge is 2.18. The van der Waals surface area contributed by atoms with Crippen molar-refractivity contribution in [3.8, 4) is 28.8 Å². The highest BCUT2D eigenvalue weighted by molar-refractivity contribution is 9.10. The summed E-state index contributed by atoms with van der Waals surface area (Å²) in [4.78, 5) is 18.4. The summed E-state index contributed by atoms with van der Waals surface area (Å²) in [6.07, 6.45) is 1.55. The molecule has 0 aliphatic carbocycles. The average molecular weight is 624 g/mol. The topological polar surface area (TPSA) is 88.1 Å². The molecule has 6 rings (SSSR count). The number of hydrogen-bond donors (Lipinski definition) is 0. The second-order valence-corrected chi connectivity index (χ2v) is 10.6. The molecule has 0 fully saturated rings. The monoisotopic (exact) mass is 623 g/mol. The Morgan fingerprint density at radius 3 is 2.43 bits per heavy atom. The van der Waals surface area contributed by atoms with Crippen molar-refractivity contribution in [2.75, 3.05) is 14.2 Å². The molecule has 42 heavy (non-hydrogen) atoms. The van der Waals surface area contributed by atoms with Gasteiger partial charge >= 0.3 is 0 Å². The summed E-state index contributed by atoms with van der Waals surface area (Å²) in [6.45, 7) is 2.38. The van der Waals surface area contributed by atoms with E-state index in [-0.39, 0.29) is 11.4 Å². The molecule has 210 valence electrons. The van der Waals surface area contributed by atoms with Gasteiger partial charge in [-0.1, -0.05) is 57.9 Å². The average Bonchev–Trinajstić information content (AvgIpc) is 3.43. The maximum atomic E-state index is 13.6. The van der Waals surface area contributed by atoms with E-state index in [2.05, 4.69) is 21.0 Å². The molecule has 0 unspecified atom stereocenters. The number of furan rings is 1. The summed E-state index contributed by atoms with van der Waals surface area (Å²) in [5.41, 5.74) is 3.71. The van der Waals surface area contributed by atoms with E-state index in [1.54, 1.807) is 50.8 Å². The van der Waals surface area contributed by atoms with Crippen molar-refractivity contribution in [2.24, 2.45) is 5.10 Å². The SMILES string of the molecule is COc1cc(C=Nn2c(-c3cc4cc(Br)ccc4o3)nc3ccccc3c2=O)cc(OC)c1OCc1ccc(C)cc1. The van der Waals surface area contributed by atoms with Crippen LogP contribution in [0.1, 0.15) is 16.7 Å². The molecule has 2 aromatic heterocycles. The molecular weight excluding hydrogens is 598 g/mol. The first kappa shape index (κ1) is 27.3. The molecular formula is C33H26BrN3O5. The van der Waals surface area contributed by atoms with Gasteiger partial charge < -0.3 is 18.6 Å². The van der Waals surface area contributed by atoms with Crippen LogP contribution < -0.4 is 19.8 Å². The second kappa shape index (κ2) is 11.5. The lowest BCUT2D eigenvalue weighted by molar-refractivity contribution is 0.266. The number of nitrogens with zero attached hydrogens (tertiary/aromatic N) is 3. The first-order valence-corrected chi connectivity index (χ1v) is 13.9. The number of fused-ring (bicyclic) bond motifs is 2. The molecule has 0 saturated heterocycles. The van der Waals surface area contributed by atoms with Crippen LogP contribution in [0.25, 0.3) is 33.5 Å². The fourth-order valence-corrected chi connectivity index (χ4v) is 4.97. The molecule has 0 N–H and O–H groups in total. The van der Waals surface area contributed by atoms with E-state index in [0.29, 0.717) is 51.7 Å². The molecule has 0 radical (unpaired) electrons. The predicted octanol–water partition coefficient (Wildman–Crippen LogP) is 7.36. The van der Waals surface area contributed by atoms with Gasteiger partial charge in [-0.2, -0.15) is 9.78 Å². The molecule has 0 amide bonds. The van der Waals surface area contributed by atoms with E-state index >= 15 is 0 Å². The van der Waals surface area contributed by atoms with Gasteiger partial charge in [0.25, 0.3) is 5.56 Å². The number of halogens is 1. The van der Waals surface area contributed by atoms with Crippen molar-refractivity contribution in [1.82, 2.24) is 9.66 Å². The maximum absolute atomic E-state index is 13.6. The zero-order valence-corrected chi connectivity index (χ0v) is 24.7. The van der Waals surface area contributed by atoms with Crippen molar-refractivity contribution in [2.45, 2.75) is 13.5 Å². The summed E-state index contributed by atoms with van der Waals surface area (Å²) in [7, 11) is 3.12. The largest absolute Gasteiger partial charge is 0.493 e. The van der Waals surface area contributed by atoms with Crippen LogP contribution in [0.3, 0.4) is 0 Å². The maximum Gasteiger partial charge on any atom is 0.282 e. The minimum absolute atomic E-state index is 0.277. The van der Waals surface area contributed by atoms with E-state index in [9.17, 15) is 4.79 Å². The number of para-hydroxylation sites is 1. The van der Waals surface area contributed by atoms with Crippen LogP contribution in [0.2, 0.25) is 0 Å². The molecule has 0 aliphatic heterocycles. The summed E-state index contributed by atoms with van der Waals surface area (Å²) in [5.74, 6) is 2.10. The quantitative estimate of drug-likeness (QED) is 0.165. The van der Waals surface area contributed by atoms with Gasteiger partial charge in [-0.15, -0.1) is 0 Å². The normalized spacial score (nSPS) is 11.4. The number of rotatable bonds is 8. The number of aromatic nitrogens is 2. The van der Waals surface area contributed by atoms with Gasteiger partial charge in [0.1, 0.15) is 12.2 Å². The van der Waals surface area contributed by atoms with Crippen LogP contribution >= 0.6 is 15.9 Å². The van der Waals surface area contributed by atoms with Crippen molar-refractivity contribution in [3.05, 3.63) is 116 Å². The molecule has 6 aromatic rings. The molecule has 2 heterocycles. The van der Waals surface area contributed by atoms with Crippen LogP contribution in [0, 0.1) is 6.92 Å². The van der Waals surface area contributed by atoms with Crippen LogP contribution in [0.5, 0.6) is 17.2 Å². The molecule has 4 aromatic carbocycles. The van der Waals surface area contributed by atoms with E-state index in [1.807, 2.05) is 61.5 Å². The fraction of sp³-hybridized carbons (Fsp3) is 0.121. The number of benzene rings is 4. The Bertz CT molecular complexity index is 1990. The van der Waals surface area contributed by atoms with Gasteiger partial charge in [-0.25, -0.2) is 4.98 Å². The molecule has 0 aliphatic rings. The molecule has 0 spiro atoms. The molecule has 8 nitrogen and oxygen atoms in total. The van der Waals surface area contributed by atoms with E-state index in [1.165, 1.54) is 10.2 Å². The van der Waals surface area contributed by atoms with Gasteiger partial charge in [-0.3, -0.25) is 4.79 Å². The third-order valence-corrected chi connectivity index (χ3v) is 7.25. The molecule has 9 heteroatoms. The zero-order valence-electron chi connectivity index (χ0n) is 23.1. The van der Waals surface area contributed by atoms with Crippen LogP contribution in [-0.2, 0) is 6.61 Å². The van der Waals surface area contributed by atoms with Crippen molar-refractivity contribution in [3.63, 3.8) is 0 Å². The summed E-state index contributed by atoms with van der Waals surface area (Å²) < 4.78 is 25.6. The Hall–Kier alpha value is -4.89. The third-order valence-electron chi connectivity index (χ3n) is 6.76. The van der Waals surface area contributed by atoms with Gasteiger partial charge in [0.05, 0.1) is 31.3 Å².